The molecule has 0 heterocycles. The summed E-state index contributed by atoms with van der Waals surface area (Å²) >= 11 is 0. The highest BCUT2D eigenvalue weighted by molar-refractivity contribution is 7.92. The van der Waals surface area contributed by atoms with Crippen LogP contribution in [0.3, 0.4) is 0 Å². The summed E-state index contributed by atoms with van der Waals surface area (Å²) in [5, 5.41) is 2.83. The Bertz CT molecular complexity index is 614. The second-order valence-corrected chi connectivity index (χ2v) is 5.20. The minimum absolute atomic E-state index is 0.0820. The predicted molar refractivity (Wildman–Crippen MR) is 64.4 cm³/mol. The molecule has 0 bridgehead atoms. The number of nitrogens with zero attached hydrogens (tertiary/aromatic N) is 3. The van der Waals surface area contributed by atoms with Crippen LogP contribution >= 0.6 is 0 Å². The Morgan fingerprint density at radius 2 is 2.16 bits per heavy atom. The summed E-state index contributed by atoms with van der Waals surface area (Å²) in [5.41, 5.74) is 6.78. The molecule has 1 N–H and O–H groups in total. The fraction of sp³-hybridized carbons (Fsp3) is 0.333. The van der Waals surface area contributed by atoms with Crippen molar-refractivity contribution in [2.24, 2.45) is 5.11 Å². The minimum atomic E-state index is -3.84. The van der Waals surface area contributed by atoms with Gasteiger partial charge in [0.05, 0.1) is 18.0 Å². The summed E-state index contributed by atoms with van der Waals surface area (Å²) < 4.78 is 56.4. The number of ether oxygens (including phenoxy) is 1. The summed E-state index contributed by atoms with van der Waals surface area (Å²) in [4.78, 5) is 2.26. The van der Waals surface area contributed by atoms with E-state index in [0.717, 1.165) is 12.1 Å². The first-order chi connectivity index (χ1) is 8.91. The van der Waals surface area contributed by atoms with Crippen LogP contribution in [0.2, 0.25) is 0 Å². The normalized spacial score (nSPS) is 10.9. The highest BCUT2D eigenvalue weighted by Crippen LogP contribution is 2.28. The van der Waals surface area contributed by atoms with Crippen molar-refractivity contribution in [2.45, 2.75) is 0 Å². The van der Waals surface area contributed by atoms with E-state index in [2.05, 4.69) is 14.8 Å². The third-order valence-corrected chi connectivity index (χ3v) is 3.27. The molecule has 104 valence electrons. The van der Waals surface area contributed by atoms with E-state index in [0.29, 0.717) is 0 Å². The molecule has 19 heavy (non-hydrogen) atoms. The van der Waals surface area contributed by atoms with Gasteiger partial charge in [-0.05, 0) is 17.7 Å². The highest BCUT2D eigenvalue weighted by atomic mass is 32.2. The molecule has 0 atom stereocenters. The molecule has 0 saturated carbocycles. The van der Waals surface area contributed by atoms with E-state index in [4.69, 9.17) is 5.53 Å². The summed E-state index contributed by atoms with van der Waals surface area (Å²) in [6, 6.07) is 1.69. The lowest BCUT2D eigenvalue weighted by Crippen LogP contribution is -2.20. The lowest BCUT2D eigenvalue weighted by Gasteiger charge is -2.09. The third-order valence-electron chi connectivity index (χ3n) is 2.03. The largest absolute Gasteiger partial charge is 0.384 e. The third kappa shape index (κ3) is 4.05. The Balaban J connectivity index is 3.10. The standard InChI is InChI=1S/C9H10F2N4O3S/c1-18-4-5-19(16,17)14-7-3-2-6(10)9(8(7)11)13-15-12/h2-3,14H,4-5H2,1H3. The lowest BCUT2D eigenvalue weighted by atomic mass is 10.2. The van der Waals surface area contributed by atoms with Gasteiger partial charge in [0.1, 0.15) is 11.5 Å². The van der Waals surface area contributed by atoms with Crippen LogP contribution in [0.4, 0.5) is 20.2 Å². The molecule has 0 aliphatic carbocycles. The quantitative estimate of drug-likeness (QED) is 0.494. The van der Waals surface area contributed by atoms with Gasteiger partial charge in [0.2, 0.25) is 10.0 Å². The first-order valence-electron chi connectivity index (χ1n) is 4.94. The van der Waals surface area contributed by atoms with E-state index in [1.165, 1.54) is 7.11 Å². The number of halogens is 2. The van der Waals surface area contributed by atoms with Gasteiger partial charge in [-0.25, -0.2) is 17.2 Å². The first kappa shape index (κ1) is 15.2. The molecule has 1 rings (SSSR count). The fourth-order valence-electron chi connectivity index (χ4n) is 1.17. The van der Waals surface area contributed by atoms with Gasteiger partial charge in [-0.3, -0.25) is 4.72 Å². The zero-order chi connectivity index (χ0) is 14.5. The van der Waals surface area contributed by atoms with Gasteiger partial charge < -0.3 is 4.74 Å². The lowest BCUT2D eigenvalue weighted by molar-refractivity contribution is 0.217. The average molecular weight is 292 g/mol. The molecule has 0 aliphatic heterocycles. The molecule has 10 heteroatoms. The first-order valence-corrected chi connectivity index (χ1v) is 6.59. The second kappa shape index (κ2) is 6.32. The van der Waals surface area contributed by atoms with Crippen LogP contribution in [-0.4, -0.2) is 27.9 Å². The molecule has 0 aliphatic rings. The van der Waals surface area contributed by atoms with E-state index >= 15 is 0 Å². The van der Waals surface area contributed by atoms with E-state index < -0.39 is 38.8 Å². The number of nitrogens with one attached hydrogen (secondary N) is 1. The number of methoxy groups -OCH3 is 1. The van der Waals surface area contributed by atoms with Crippen LogP contribution in [0.5, 0.6) is 0 Å². The number of benzene rings is 1. The van der Waals surface area contributed by atoms with E-state index in [-0.39, 0.29) is 6.61 Å². The van der Waals surface area contributed by atoms with Crippen LogP contribution in [0, 0.1) is 11.6 Å². The molecule has 7 nitrogen and oxygen atoms in total. The molecule has 0 unspecified atom stereocenters. The van der Waals surface area contributed by atoms with Crippen LogP contribution in [0.15, 0.2) is 17.2 Å². The van der Waals surface area contributed by atoms with Crippen molar-refractivity contribution in [3.8, 4) is 0 Å². The van der Waals surface area contributed by atoms with E-state index in [9.17, 15) is 17.2 Å². The molecule has 1 aromatic carbocycles. The van der Waals surface area contributed by atoms with Crippen molar-refractivity contribution in [1.29, 1.82) is 0 Å². The van der Waals surface area contributed by atoms with Crippen molar-refractivity contribution < 1.29 is 21.9 Å². The molecule has 0 spiro atoms. The van der Waals surface area contributed by atoms with Crippen molar-refractivity contribution in [3.63, 3.8) is 0 Å². The SMILES string of the molecule is COCCS(=O)(=O)Nc1ccc(F)c(N=[N+]=[N-])c1F. The van der Waals surface area contributed by atoms with Gasteiger partial charge >= 0.3 is 0 Å². The Morgan fingerprint density at radius 1 is 1.47 bits per heavy atom. The molecule has 0 amide bonds. The van der Waals surface area contributed by atoms with E-state index in [1.54, 1.807) is 0 Å². The fourth-order valence-corrected chi connectivity index (χ4v) is 2.15. The molecule has 0 aromatic heterocycles. The van der Waals surface area contributed by atoms with Crippen molar-refractivity contribution >= 4 is 21.4 Å². The molecular weight excluding hydrogens is 282 g/mol. The van der Waals surface area contributed by atoms with Gasteiger partial charge in [0.15, 0.2) is 5.82 Å². The maximum absolute atomic E-state index is 13.7. The summed E-state index contributed by atoms with van der Waals surface area (Å²) in [6.07, 6.45) is 0. The van der Waals surface area contributed by atoms with Crippen molar-refractivity contribution in [2.75, 3.05) is 24.2 Å². The van der Waals surface area contributed by atoms with Crippen LogP contribution in [-0.2, 0) is 14.8 Å². The highest BCUT2D eigenvalue weighted by Gasteiger charge is 2.17. The number of sulfonamides is 1. The smallest absolute Gasteiger partial charge is 0.235 e. The topological polar surface area (TPSA) is 104 Å². The Morgan fingerprint density at radius 3 is 2.74 bits per heavy atom. The zero-order valence-electron chi connectivity index (χ0n) is 9.80. The van der Waals surface area contributed by atoms with Gasteiger partial charge in [-0.2, -0.15) is 0 Å². The van der Waals surface area contributed by atoms with Crippen LogP contribution in [0.1, 0.15) is 0 Å². The van der Waals surface area contributed by atoms with E-state index in [1.807, 2.05) is 4.72 Å². The molecular formula is C9H10F2N4O3S. The molecule has 0 fully saturated rings. The van der Waals surface area contributed by atoms with Crippen LogP contribution in [0.25, 0.3) is 10.4 Å². The average Bonchev–Trinajstić information content (AvgIpc) is 2.35. The zero-order valence-corrected chi connectivity index (χ0v) is 10.6. The summed E-state index contributed by atoms with van der Waals surface area (Å²) in [7, 11) is -2.52. The predicted octanol–water partition coefficient (Wildman–Crippen LogP) is 2.29. The van der Waals surface area contributed by atoms with Gasteiger partial charge in [0, 0.05) is 12.0 Å². The monoisotopic (exact) mass is 292 g/mol. The van der Waals surface area contributed by atoms with Gasteiger partial charge in [0.25, 0.3) is 0 Å². The second-order valence-electron chi connectivity index (χ2n) is 3.36. The number of rotatable bonds is 6. The molecule has 0 radical (unpaired) electrons. The van der Waals surface area contributed by atoms with Gasteiger partial charge in [-0.15, -0.1) is 0 Å². The number of anilines is 1. The van der Waals surface area contributed by atoms with Crippen molar-refractivity contribution in [1.82, 2.24) is 0 Å². The Kier molecular flexibility index (Phi) is 5.04. The number of hydrogen-bond acceptors (Lipinski definition) is 4. The Labute approximate surface area is 107 Å². The maximum atomic E-state index is 13.7. The number of hydrogen-bond donors (Lipinski definition) is 1. The van der Waals surface area contributed by atoms with Crippen LogP contribution < -0.4 is 4.72 Å². The maximum Gasteiger partial charge on any atom is 0.235 e. The molecule has 0 saturated heterocycles. The number of azide groups is 1. The summed E-state index contributed by atoms with van der Waals surface area (Å²) in [5.74, 6) is -2.76. The van der Waals surface area contributed by atoms with Crippen molar-refractivity contribution in [3.05, 3.63) is 34.2 Å². The molecule has 1 aromatic rings. The Hall–Kier alpha value is -1.90. The summed E-state index contributed by atoms with van der Waals surface area (Å²) in [6.45, 7) is -0.0820. The minimum Gasteiger partial charge on any atom is -0.384 e. The van der Waals surface area contributed by atoms with Gasteiger partial charge in [-0.1, -0.05) is 5.11 Å².